The van der Waals surface area contributed by atoms with Crippen LogP contribution in [-0.4, -0.2) is 6.54 Å². The van der Waals surface area contributed by atoms with Crippen molar-refractivity contribution in [1.82, 2.24) is 0 Å². The summed E-state index contributed by atoms with van der Waals surface area (Å²) in [6.45, 7) is 4.93. The van der Waals surface area contributed by atoms with Gasteiger partial charge in [0.1, 0.15) is 5.82 Å². The molecule has 18 heavy (non-hydrogen) atoms. The van der Waals surface area contributed by atoms with Crippen molar-refractivity contribution in [3.05, 3.63) is 28.8 Å². The zero-order chi connectivity index (χ0) is 13.5. The molecule has 0 radical (unpaired) electrons. The average molecular weight is 276 g/mol. The van der Waals surface area contributed by atoms with Gasteiger partial charge in [0.2, 0.25) is 0 Å². The van der Waals surface area contributed by atoms with Crippen molar-refractivity contribution in [2.45, 2.75) is 39.5 Å². The lowest BCUT2D eigenvalue weighted by Gasteiger charge is -2.17. The van der Waals surface area contributed by atoms with E-state index in [1.165, 1.54) is 6.42 Å². The van der Waals surface area contributed by atoms with Gasteiger partial charge in [-0.1, -0.05) is 44.7 Å². The van der Waals surface area contributed by atoms with Crippen LogP contribution >= 0.6 is 11.6 Å². The van der Waals surface area contributed by atoms with Crippen LogP contribution in [0.2, 0.25) is 5.02 Å². The standard InChI is InChI=1S/C14H20ClF2N/c1-3-5-6-10(4-2)9-18-14-12(15)7-11(16)8-13(14)17/h7-8,10,18H,3-6,9H2,1-2H3. The molecule has 1 N–H and O–H groups in total. The van der Waals surface area contributed by atoms with Gasteiger partial charge < -0.3 is 5.32 Å². The SMILES string of the molecule is CCCCC(CC)CNc1c(F)cc(F)cc1Cl. The molecule has 0 spiro atoms. The summed E-state index contributed by atoms with van der Waals surface area (Å²) in [4.78, 5) is 0. The number of nitrogens with one attached hydrogen (secondary N) is 1. The number of hydrogen-bond donors (Lipinski definition) is 1. The number of hydrogen-bond acceptors (Lipinski definition) is 1. The Morgan fingerprint density at radius 2 is 2.00 bits per heavy atom. The molecule has 0 saturated heterocycles. The second-order valence-electron chi connectivity index (χ2n) is 4.54. The van der Waals surface area contributed by atoms with Crippen molar-refractivity contribution in [2.24, 2.45) is 5.92 Å². The van der Waals surface area contributed by atoms with E-state index in [9.17, 15) is 8.78 Å². The zero-order valence-electron chi connectivity index (χ0n) is 10.9. The first-order valence-electron chi connectivity index (χ1n) is 6.46. The Labute approximate surface area is 113 Å². The molecule has 1 atom stereocenters. The Kier molecular flexibility index (Phi) is 6.41. The summed E-state index contributed by atoms with van der Waals surface area (Å²) >= 11 is 5.82. The number of rotatable bonds is 7. The topological polar surface area (TPSA) is 12.0 Å². The highest BCUT2D eigenvalue weighted by atomic mass is 35.5. The molecular formula is C14H20ClF2N. The van der Waals surface area contributed by atoms with E-state index in [4.69, 9.17) is 11.6 Å². The Morgan fingerprint density at radius 1 is 1.28 bits per heavy atom. The van der Waals surface area contributed by atoms with Crippen molar-refractivity contribution in [1.29, 1.82) is 0 Å². The first-order chi connectivity index (χ1) is 8.58. The molecule has 1 aromatic rings. The van der Waals surface area contributed by atoms with E-state index < -0.39 is 11.6 Å². The fraction of sp³-hybridized carbons (Fsp3) is 0.571. The van der Waals surface area contributed by atoms with E-state index in [1.54, 1.807) is 0 Å². The van der Waals surface area contributed by atoms with Crippen molar-refractivity contribution < 1.29 is 8.78 Å². The Balaban J connectivity index is 2.62. The van der Waals surface area contributed by atoms with Crippen LogP contribution in [0.5, 0.6) is 0 Å². The Morgan fingerprint density at radius 3 is 2.56 bits per heavy atom. The van der Waals surface area contributed by atoms with Crippen LogP contribution in [0, 0.1) is 17.6 Å². The van der Waals surface area contributed by atoms with Gasteiger partial charge in [0.15, 0.2) is 5.82 Å². The van der Waals surface area contributed by atoms with Gasteiger partial charge in [-0.25, -0.2) is 8.78 Å². The van der Waals surface area contributed by atoms with Crippen LogP contribution in [0.4, 0.5) is 14.5 Å². The normalized spacial score (nSPS) is 12.5. The van der Waals surface area contributed by atoms with Gasteiger partial charge in [-0.15, -0.1) is 0 Å². The number of benzene rings is 1. The second-order valence-corrected chi connectivity index (χ2v) is 4.95. The maximum absolute atomic E-state index is 13.5. The molecule has 0 aromatic heterocycles. The summed E-state index contributed by atoms with van der Waals surface area (Å²) in [6, 6.07) is 1.97. The third-order valence-electron chi connectivity index (χ3n) is 3.12. The summed E-state index contributed by atoms with van der Waals surface area (Å²) < 4.78 is 26.4. The minimum atomic E-state index is -0.652. The van der Waals surface area contributed by atoms with Gasteiger partial charge in [0.25, 0.3) is 0 Å². The molecule has 1 unspecified atom stereocenters. The van der Waals surface area contributed by atoms with Crippen LogP contribution < -0.4 is 5.32 Å². The maximum Gasteiger partial charge on any atom is 0.150 e. The molecule has 0 fully saturated rings. The highest BCUT2D eigenvalue weighted by Gasteiger charge is 2.12. The third-order valence-corrected chi connectivity index (χ3v) is 3.42. The van der Waals surface area contributed by atoms with Crippen molar-refractivity contribution >= 4 is 17.3 Å². The van der Waals surface area contributed by atoms with Crippen LogP contribution in [0.1, 0.15) is 39.5 Å². The lowest BCUT2D eigenvalue weighted by molar-refractivity contribution is 0.471. The van der Waals surface area contributed by atoms with E-state index >= 15 is 0 Å². The summed E-state index contributed by atoms with van der Waals surface area (Å²) in [6.07, 6.45) is 4.47. The van der Waals surface area contributed by atoms with Gasteiger partial charge in [-0.3, -0.25) is 0 Å². The largest absolute Gasteiger partial charge is 0.381 e. The minimum Gasteiger partial charge on any atom is -0.381 e. The summed E-state index contributed by atoms with van der Waals surface area (Å²) in [5.74, 6) is -0.795. The van der Waals surface area contributed by atoms with Crippen molar-refractivity contribution in [3.63, 3.8) is 0 Å². The first kappa shape index (κ1) is 15.2. The van der Waals surface area contributed by atoms with E-state index in [-0.39, 0.29) is 10.7 Å². The molecule has 4 heteroatoms. The number of halogens is 3. The molecule has 0 aliphatic rings. The van der Waals surface area contributed by atoms with Crippen LogP contribution in [-0.2, 0) is 0 Å². The summed E-state index contributed by atoms with van der Waals surface area (Å²) in [5.41, 5.74) is 0.202. The highest BCUT2D eigenvalue weighted by Crippen LogP contribution is 2.27. The lowest BCUT2D eigenvalue weighted by atomic mass is 9.99. The lowest BCUT2D eigenvalue weighted by Crippen LogP contribution is -2.14. The summed E-state index contributed by atoms with van der Waals surface area (Å²) in [7, 11) is 0. The van der Waals surface area contributed by atoms with Crippen LogP contribution in [0.25, 0.3) is 0 Å². The minimum absolute atomic E-state index is 0.0952. The molecule has 0 aliphatic heterocycles. The van der Waals surface area contributed by atoms with E-state index in [1.807, 2.05) is 0 Å². The van der Waals surface area contributed by atoms with Crippen molar-refractivity contribution in [2.75, 3.05) is 11.9 Å². The van der Waals surface area contributed by atoms with Gasteiger partial charge in [-0.05, 0) is 18.4 Å². The monoisotopic (exact) mass is 275 g/mol. The molecule has 0 heterocycles. The second kappa shape index (κ2) is 7.57. The van der Waals surface area contributed by atoms with Gasteiger partial charge in [-0.2, -0.15) is 0 Å². The average Bonchev–Trinajstić information content (AvgIpc) is 2.31. The number of unbranched alkanes of at least 4 members (excludes halogenated alkanes) is 1. The molecule has 0 aliphatic carbocycles. The predicted octanol–water partition coefficient (Wildman–Crippen LogP) is 5.25. The quantitative estimate of drug-likeness (QED) is 0.717. The molecular weight excluding hydrogens is 256 g/mol. The highest BCUT2D eigenvalue weighted by molar-refractivity contribution is 6.33. The molecule has 0 saturated carbocycles. The fourth-order valence-electron chi connectivity index (χ4n) is 1.90. The third kappa shape index (κ3) is 4.45. The summed E-state index contributed by atoms with van der Waals surface area (Å²) in [5, 5.41) is 3.09. The van der Waals surface area contributed by atoms with E-state index in [2.05, 4.69) is 19.2 Å². The fourth-order valence-corrected chi connectivity index (χ4v) is 2.16. The molecule has 0 amide bonds. The molecule has 102 valence electrons. The van der Waals surface area contributed by atoms with Crippen molar-refractivity contribution in [3.8, 4) is 0 Å². The van der Waals surface area contributed by atoms with E-state index in [0.717, 1.165) is 31.4 Å². The molecule has 1 rings (SSSR count). The first-order valence-corrected chi connectivity index (χ1v) is 6.84. The molecule has 0 bridgehead atoms. The Hall–Kier alpha value is -0.830. The Bertz CT molecular complexity index is 359. The number of anilines is 1. The van der Waals surface area contributed by atoms with E-state index in [0.29, 0.717) is 12.5 Å². The molecule has 1 aromatic carbocycles. The van der Waals surface area contributed by atoms with Crippen LogP contribution in [0.3, 0.4) is 0 Å². The van der Waals surface area contributed by atoms with Gasteiger partial charge >= 0.3 is 0 Å². The smallest absolute Gasteiger partial charge is 0.150 e. The predicted molar refractivity (Wildman–Crippen MR) is 73.2 cm³/mol. The molecule has 1 nitrogen and oxygen atoms in total. The van der Waals surface area contributed by atoms with Gasteiger partial charge in [0.05, 0.1) is 10.7 Å². The van der Waals surface area contributed by atoms with Crippen LogP contribution in [0.15, 0.2) is 12.1 Å². The van der Waals surface area contributed by atoms with Gasteiger partial charge in [0, 0.05) is 12.6 Å². The maximum atomic E-state index is 13.5. The zero-order valence-corrected chi connectivity index (χ0v) is 11.7.